The quantitative estimate of drug-likeness (QED) is 0.801. The predicted octanol–water partition coefficient (Wildman–Crippen LogP) is 3.95. The van der Waals surface area contributed by atoms with Gasteiger partial charge in [-0.25, -0.2) is 0 Å². The van der Waals surface area contributed by atoms with E-state index in [1.807, 2.05) is 55.5 Å². The van der Waals surface area contributed by atoms with Crippen LogP contribution in [-0.4, -0.2) is 49.4 Å². The first-order valence-corrected chi connectivity index (χ1v) is 10.3. The SMILES string of the molecule is Cc1ccc(Oc2ccccc2NC(=O)CN2CCCCC2C2OCCO2)cc1. The fourth-order valence-electron chi connectivity index (χ4n) is 3.89. The van der Waals surface area contributed by atoms with Crippen LogP contribution in [0.25, 0.3) is 0 Å². The summed E-state index contributed by atoms with van der Waals surface area (Å²) in [5.74, 6) is 1.31. The lowest BCUT2D eigenvalue weighted by atomic mass is 10.0. The molecule has 2 fully saturated rings. The Balaban J connectivity index is 1.40. The van der Waals surface area contributed by atoms with Crippen LogP contribution in [0.2, 0.25) is 0 Å². The van der Waals surface area contributed by atoms with E-state index in [0.29, 0.717) is 31.2 Å². The highest BCUT2D eigenvalue weighted by molar-refractivity contribution is 5.93. The van der Waals surface area contributed by atoms with Crippen molar-refractivity contribution < 1.29 is 19.0 Å². The van der Waals surface area contributed by atoms with Crippen molar-refractivity contribution in [3.8, 4) is 11.5 Å². The van der Waals surface area contributed by atoms with Gasteiger partial charge in [-0.05, 0) is 50.6 Å². The van der Waals surface area contributed by atoms with E-state index in [0.717, 1.165) is 31.6 Å². The van der Waals surface area contributed by atoms with E-state index in [4.69, 9.17) is 14.2 Å². The van der Waals surface area contributed by atoms with E-state index in [-0.39, 0.29) is 18.2 Å². The monoisotopic (exact) mass is 396 g/mol. The van der Waals surface area contributed by atoms with E-state index in [1.54, 1.807) is 0 Å². The third-order valence-electron chi connectivity index (χ3n) is 5.38. The summed E-state index contributed by atoms with van der Waals surface area (Å²) in [7, 11) is 0. The second-order valence-corrected chi connectivity index (χ2v) is 7.60. The summed E-state index contributed by atoms with van der Waals surface area (Å²) < 4.78 is 17.4. The van der Waals surface area contributed by atoms with Crippen LogP contribution in [0.4, 0.5) is 5.69 Å². The van der Waals surface area contributed by atoms with Gasteiger partial charge in [-0.3, -0.25) is 9.69 Å². The molecule has 0 bridgehead atoms. The molecule has 0 saturated carbocycles. The number of carbonyl (C=O) groups is 1. The molecule has 4 rings (SSSR count). The minimum Gasteiger partial charge on any atom is -0.455 e. The van der Waals surface area contributed by atoms with Gasteiger partial charge in [-0.1, -0.05) is 36.2 Å². The predicted molar refractivity (Wildman–Crippen MR) is 111 cm³/mol. The molecule has 1 N–H and O–H groups in total. The molecule has 2 saturated heterocycles. The highest BCUT2D eigenvalue weighted by atomic mass is 16.7. The number of piperidine rings is 1. The Kier molecular flexibility index (Phi) is 6.44. The Labute approximate surface area is 171 Å². The summed E-state index contributed by atoms with van der Waals surface area (Å²) in [5.41, 5.74) is 1.84. The number of amides is 1. The molecule has 2 aromatic rings. The van der Waals surface area contributed by atoms with Gasteiger partial charge >= 0.3 is 0 Å². The normalized spacial score (nSPS) is 20.5. The number of benzene rings is 2. The van der Waals surface area contributed by atoms with Gasteiger partial charge in [0.15, 0.2) is 12.0 Å². The highest BCUT2D eigenvalue weighted by Gasteiger charge is 2.34. The molecule has 0 radical (unpaired) electrons. The van der Waals surface area contributed by atoms with Crippen LogP contribution in [0.5, 0.6) is 11.5 Å². The molecule has 6 heteroatoms. The van der Waals surface area contributed by atoms with Crippen molar-refractivity contribution in [1.29, 1.82) is 0 Å². The summed E-state index contributed by atoms with van der Waals surface area (Å²) in [6.07, 6.45) is 2.99. The largest absolute Gasteiger partial charge is 0.455 e. The Morgan fingerprint density at radius 2 is 1.86 bits per heavy atom. The minimum atomic E-state index is -0.222. The van der Waals surface area contributed by atoms with Gasteiger partial charge in [0.1, 0.15) is 5.75 Å². The number of ether oxygens (including phenoxy) is 3. The first-order chi connectivity index (χ1) is 14.2. The van der Waals surface area contributed by atoms with E-state index in [9.17, 15) is 4.79 Å². The van der Waals surface area contributed by atoms with Gasteiger partial charge in [-0.2, -0.15) is 0 Å². The third-order valence-corrected chi connectivity index (χ3v) is 5.38. The number of carbonyl (C=O) groups excluding carboxylic acids is 1. The number of para-hydroxylation sites is 2. The number of hydrogen-bond acceptors (Lipinski definition) is 5. The smallest absolute Gasteiger partial charge is 0.238 e. The van der Waals surface area contributed by atoms with Crippen LogP contribution in [0, 0.1) is 6.92 Å². The van der Waals surface area contributed by atoms with Crippen molar-refractivity contribution in [1.82, 2.24) is 4.90 Å². The number of likely N-dealkylation sites (tertiary alicyclic amines) is 1. The zero-order chi connectivity index (χ0) is 20.1. The van der Waals surface area contributed by atoms with E-state index in [1.165, 1.54) is 5.56 Å². The lowest BCUT2D eigenvalue weighted by Crippen LogP contribution is -2.50. The third kappa shape index (κ3) is 5.15. The standard InChI is InChI=1S/C23H28N2O4/c1-17-9-11-18(12-10-17)29-21-8-3-2-6-19(21)24-22(26)16-25-13-5-4-7-20(25)23-27-14-15-28-23/h2-3,6,8-12,20,23H,4-5,7,13-16H2,1H3,(H,24,26). The number of aryl methyl sites for hydroxylation is 1. The Hall–Kier alpha value is -2.41. The fourth-order valence-corrected chi connectivity index (χ4v) is 3.89. The van der Waals surface area contributed by atoms with E-state index >= 15 is 0 Å². The van der Waals surface area contributed by atoms with Crippen molar-refractivity contribution in [3.05, 3.63) is 54.1 Å². The number of anilines is 1. The molecule has 2 aliphatic rings. The molecule has 0 aromatic heterocycles. The number of hydrogen-bond donors (Lipinski definition) is 1. The van der Waals surface area contributed by atoms with Gasteiger partial charge < -0.3 is 19.5 Å². The fraction of sp³-hybridized carbons (Fsp3) is 0.435. The lowest BCUT2D eigenvalue weighted by Gasteiger charge is -2.37. The Bertz CT molecular complexity index is 818. The summed E-state index contributed by atoms with van der Waals surface area (Å²) >= 11 is 0. The molecule has 154 valence electrons. The maximum absolute atomic E-state index is 12.8. The zero-order valence-electron chi connectivity index (χ0n) is 16.8. The highest BCUT2D eigenvalue weighted by Crippen LogP contribution is 2.30. The van der Waals surface area contributed by atoms with Crippen molar-refractivity contribution in [2.45, 2.75) is 38.5 Å². The van der Waals surface area contributed by atoms with Gasteiger partial charge in [0.05, 0.1) is 31.5 Å². The molecule has 1 amide bonds. The van der Waals surface area contributed by atoms with Crippen molar-refractivity contribution >= 4 is 11.6 Å². The lowest BCUT2D eigenvalue weighted by molar-refractivity contribution is -0.127. The molecule has 2 aromatic carbocycles. The first-order valence-electron chi connectivity index (χ1n) is 10.3. The molecule has 0 aliphatic carbocycles. The zero-order valence-corrected chi connectivity index (χ0v) is 16.8. The Morgan fingerprint density at radius 1 is 1.10 bits per heavy atom. The second kappa shape index (κ2) is 9.39. The molecule has 2 aliphatic heterocycles. The average Bonchev–Trinajstić information content (AvgIpc) is 3.26. The van der Waals surface area contributed by atoms with Crippen LogP contribution in [0.1, 0.15) is 24.8 Å². The first kappa shape index (κ1) is 19.9. The molecule has 2 heterocycles. The van der Waals surface area contributed by atoms with Gasteiger partial charge in [0.2, 0.25) is 5.91 Å². The topological polar surface area (TPSA) is 60.0 Å². The maximum atomic E-state index is 12.8. The van der Waals surface area contributed by atoms with Crippen LogP contribution < -0.4 is 10.1 Å². The molecule has 1 unspecified atom stereocenters. The summed E-state index contributed by atoms with van der Waals surface area (Å²) in [5, 5.41) is 3.01. The summed E-state index contributed by atoms with van der Waals surface area (Å²) in [4.78, 5) is 15.0. The van der Waals surface area contributed by atoms with Crippen LogP contribution in [0.3, 0.4) is 0 Å². The van der Waals surface area contributed by atoms with Crippen molar-refractivity contribution in [2.24, 2.45) is 0 Å². The minimum absolute atomic E-state index is 0.0603. The van der Waals surface area contributed by atoms with Crippen molar-refractivity contribution in [3.63, 3.8) is 0 Å². The van der Waals surface area contributed by atoms with Crippen LogP contribution in [-0.2, 0) is 14.3 Å². The van der Waals surface area contributed by atoms with E-state index < -0.39 is 0 Å². The second-order valence-electron chi connectivity index (χ2n) is 7.60. The molecule has 1 atom stereocenters. The maximum Gasteiger partial charge on any atom is 0.238 e. The van der Waals surface area contributed by atoms with Gasteiger partial charge in [0.25, 0.3) is 0 Å². The van der Waals surface area contributed by atoms with Crippen LogP contribution >= 0.6 is 0 Å². The number of rotatable bonds is 6. The molecular weight excluding hydrogens is 368 g/mol. The Morgan fingerprint density at radius 3 is 2.66 bits per heavy atom. The molecule has 6 nitrogen and oxygen atoms in total. The number of nitrogens with zero attached hydrogens (tertiary/aromatic N) is 1. The van der Waals surface area contributed by atoms with Crippen LogP contribution in [0.15, 0.2) is 48.5 Å². The average molecular weight is 396 g/mol. The van der Waals surface area contributed by atoms with Gasteiger partial charge in [0, 0.05) is 0 Å². The van der Waals surface area contributed by atoms with Crippen molar-refractivity contribution in [2.75, 3.05) is 31.6 Å². The number of nitrogens with one attached hydrogen (secondary N) is 1. The van der Waals surface area contributed by atoms with E-state index in [2.05, 4.69) is 10.2 Å². The van der Waals surface area contributed by atoms with Gasteiger partial charge in [-0.15, -0.1) is 0 Å². The molecular formula is C23H28N2O4. The molecule has 0 spiro atoms. The summed E-state index contributed by atoms with van der Waals surface area (Å²) in [6, 6.07) is 15.5. The summed E-state index contributed by atoms with van der Waals surface area (Å²) in [6.45, 7) is 4.49. The molecule has 29 heavy (non-hydrogen) atoms.